The summed E-state index contributed by atoms with van der Waals surface area (Å²) in [6.45, 7) is 2.79. The van der Waals surface area contributed by atoms with Gasteiger partial charge in [0.15, 0.2) is 5.78 Å². The maximum absolute atomic E-state index is 12.6. The SMILES string of the molecule is COc1ccc(C(=O)C2CCN(Cc3cccc(N)c3)CC2)cc1.Cl. The zero-order valence-electron chi connectivity index (χ0n) is 14.5. The molecular weight excluding hydrogens is 336 g/mol. The molecule has 1 aliphatic rings. The van der Waals surface area contributed by atoms with Crippen molar-refractivity contribution >= 4 is 23.9 Å². The number of piperidine rings is 1. The lowest BCUT2D eigenvalue weighted by atomic mass is 9.88. The fourth-order valence-electron chi connectivity index (χ4n) is 3.29. The van der Waals surface area contributed by atoms with Crippen molar-refractivity contribution in [2.45, 2.75) is 19.4 Å². The third-order valence-corrected chi connectivity index (χ3v) is 4.69. The molecule has 2 aromatic rings. The van der Waals surface area contributed by atoms with E-state index in [1.165, 1.54) is 5.56 Å². The number of methoxy groups -OCH3 is 1. The van der Waals surface area contributed by atoms with Crippen LogP contribution in [0.25, 0.3) is 0 Å². The fourth-order valence-corrected chi connectivity index (χ4v) is 3.29. The number of ether oxygens (including phenoxy) is 1. The van der Waals surface area contributed by atoms with E-state index in [4.69, 9.17) is 10.5 Å². The van der Waals surface area contributed by atoms with Crippen LogP contribution < -0.4 is 10.5 Å². The van der Waals surface area contributed by atoms with Crippen LogP contribution in [0.5, 0.6) is 5.75 Å². The van der Waals surface area contributed by atoms with Crippen molar-refractivity contribution < 1.29 is 9.53 Å². The van der Waals surface area contributed by atoms with Gasteiger partial charge in [0, 0.05) is 23.7 Å². The number of nitrogen functional groups attached to an aromatic ring is 1. The number of nitrogens with zero attached hydrogens (tertiary/aromatic N) is 1. The number of ketones is 1. The minimum Gasteiger partial charge on any atom is -0.497 e. The van der Waals surface area contributed by atoms with Gasteiger partial charge in [-0.1, -0.05) is 12.1 Å². The Morgan fingerprint density at radius 2 is 1.84 bits per heavy atom. The summed E-state index contributed by atoms with van der Waals surface area (Å²) in [6, 6.07) is 15.4. The second kappa shape index (κ2) is 8.88. The second-order valence-corrected chi connectivity index (χ2v) is 6.39. The monoisotopic (exact) mass is 360 g/mol. The van der Waals surface area contributed by atoms with Crippen LogP contribution in [-0.4, -0.2) is 30.9 Å². The highest BCUT2D eigenvalue weighted by molar-refractivity contribution is 5.98. The van der Waals surface area contributed by atoms with Gasteiger partial charge in [-0.3, -0.25) is 9.69 Å². The number of anilines is 1. The molecule has 0 aromatic heterocycles. The number of likely N-dealkylation sites (tertiary alicyclic amines) is 1. The highest BCUT2D eigenvalue weighted by Crippen LogP contribution is 2.24. The lowest BCUT2D eigenvalue weighted by molar-refractivity contribution is 0.0835. The molecule has 2 N–H and O–H groups in total. The van der Waals surface area contributed by atoms with Gasteiger partial charge in [-0.15, -0.1) is 12.4 Å². The van der Waals surface area contributed by atoms with Crippen LogP contribution in [0.3, 0.4) is 0 Å². The fraction of sp³-hybridized carbons (Fsp3) is 0.350. The van der Waals surface area contributed by atoms with Crippen molar-refractivity contribution in [1.82, 2.24) is 4.90 Å². The van der Waals surface area contributed by atoms with Gasteiger partial charge in [-0.25, -0.2) is 0 Å². The number of carbonyl (C=O) groups excluding carboxylic acids is 1. The van der Waals surface area contributed by atoms with Gasteiger partial charge in [0.1, 0.15) is 5.75 Å². The number of carbonyl (C=O) groups is 1. The van der Waals surface area contributed by atoms with E-state index in [0.29, 0.717) is 0 Å². The van der Waals surface area contributed by atoms with Crippen molar-refractivity contribution in [3.8, 4) is 5.75 Å². The zero-order valence-corrected chi connectivity index (χ0v) is 15.3. The predicted octanol–water partition coefficient (Wildman–Crippen LogP) is 3.79. The molecular formula is C20H25ClN2O2. The van der Waals surface area contributed by atoms with E-state index in [-0.39, 0.29) is 24.1 Å². The Hall–Kier alpha value is -2.04. The van der Waals surface area contributed by atoms with Crippen LogP contribution in [0.15, 0.2) is 48.5 Å². The third kappa shape index (κ3) is 4.97. The number of rotatable bonds is 5. The zero-order chi connectivity index (χ0) is 16.9. The molecule has 0 atom stereocenters. The van der Waals surface area contributed by atoms with Crippen LogP contribution in [0, 0.1) is 5.92 Å². The van der Waals surface area contributed by atoms with Crippen LogP contribution in [0.1, 0.15) is 28.8 Å². The summed E-state index contributed by atoms with van der Waals surface area (Å²) in [6.07, 6.45) is 1.82. The van der Waals surface area contributed by atoms with E-state index >= 15 is 0 Å². The lowest BCUT2D eigenvalue weighted by Gasteiger charge is -2.31. The van der Waals surface area contributed by atoms with Crippen LogP contribution in [0.2, 0.25) is 0 Å². The Balaban J connectivity index is 0.00000225. The van der Waals surface area contributed by atoms with Gasteiger partial charge in [-0.2, -0.15) is 0 Å². The highest BCUT2D eigenvalue weighted by atomic mass is 35.5. The molecule has 1 heterocycles. The Labute approximate surface area is 155 Å². The largest absolute Gasteiger partial charge is 0.497 e. The first kappa shape index (κ1) is 19.3. The predicted molar refractivity (Wildman–Crippen MR) is 103 cm³/mol. The van der Waals surface area contributed by atoms with E-state index < -0.39 is 0 Å². The Kier molecular flexibility index (Phi) is 6.85. The molecule has 1 fully saturated rings. The average Bonchev–Trinajstić information content (AvgIpc) is 2.62. The summed E-state index contributed by atoms with van der Waals surface area (Å²) in [4.78, 5) is 15.0. The minimum atomic E-state index is 0. The Morgan fingerprint density at radius 3 is 2.44 bits per heavy atom. The third-order valence-electron chi connectivity index (χ3n) is 4.69. The van der Waals surface area contributed by atoms with Gasteiger partial charge in [0.25, 0.3) is 0 Å². The van der Waals surface area contributed by atoms with E-state index in [0.717, 1.165) is 49.5 Å². The maximum atomic E-state index is 12.6. The number of hydrogen-bond donors (Lipinski definition) is 1. The first-order valence-electron chi connectivity index (χ1n) is 8.41. The maximum Gasteiger partial charge on any atom is 0.166 e. The Bertz CT molecular complexity index is 695. The highest BCUT2D eigenvalue weighted by Gasteiger charge is 2.25. The standard InChI is InChI=1S/C20H24N2O2.ClH/c1-24-19-7-5-16(6-8-19)20(23)17-9-11-22(12-10-17)14-15-3-2-4-18(21)13-15;/h2-8,13,17H,9-12,14,21H2,1H3;1H. The molecule has 4 nitrogen and oxygen atoms in total. The first-order valence-corrected chi connectivity index (χ1v) is 8.41. The minimum absolute atomic E-state index is 0. The van der Waals surface area contributed by atoms with Crippen molar-refractivity contribution in [3.05, 3.63) is 59.7 Å². The van der Waals surface area contributed by atoms with Crippen LogP contribution >= 0.6 is 12.4 Å². The topological polar surface area (TPSA) is 55.6 Å². The second-order valence-electron chi connectivity index (χ2n) is 6.39. The summed E-state index contributed by atoms with van der Waals surface area (Å²) >= 11 is 0. The Morgan fingerprint density at radius 1 is 1.16 bits per heavy atom. The molecule has 0 radical (unpaired) electrons. The molecule has 25 heavy (non-hydrogen) atoms. The van der Waals surface area contributed by atoms with Crippen LogP contribution in [-0.2, 0) is 6.54 Å². The summed E-state index contributed by atoms with van der Waals surface area (Å²) in [5.74, 6) is 1.15. The lowest BCUT2D eigenvalue weighted by Crippen LogP contribution is -2.35. The van der Waals surface area contributed by atoms with Crippen molar-refractivity contribution in [2.24, 2.45) is 5.92 Å². The van der Waals surface area contributed by atoms with Crippen molar-refractivity contribution in [1.29, 1.82) is 0 Å². The number of halogens is 1. The molecule has 0 saturated carbocycles. The van der Waals surface area contributed by atoms with Crippen molar-refractivity contribution in [3.63, 3.8) is 0 Å². The van der Waals surface area contributed by atoms with Gasteiger partial charge in [0.2, 0.25) is 0 Å². The number of benzene rings is 2. The molecule has 1 aliphatic heterocycles. The number of Topliss-reactive ketones (excluding diaryl/α,β-unsaturated/α-hetero) is 1. The molecule has 134 valence electrons. The molecule has 2 aromatic carbocycles. The van der Waals surface area contributed by atoms with Gasteiger partial charge in [-0.05, 0) is 67.9 Å². The number of hydrogen-bond acceptors (Lipinski definition) is 4. The molecule has 0 spiro atoms. The van der Waals surface area contributed by atoms with E-state index in [2.05, 4.69) is 11.0 Å². The summed E-state index contributed by atoms with van der Waals surface area (Å²) in [5, 5.41) is 0. The quantitative estimate of drug-likeness (QED) is 0.651. The molecule has 0 amide bonds. The molecule has 0 aliphatic carbocycles. The molecule has 0 unspecified atom stereocenters. The molecule has 3 rings (SSSR count). The molecule has 0 bridgehead atoms. The van der Waals surface area contributed by atoms with E-state index in [1.54, 1.807) is 7.11 Å². The smallest absolute Gasteiger partial charge is 0.166 e. The van der Waals surface area contributed by atoms with Gasteiger partial charge < -0.3 is 10.5 Å². The molecule has 1 saturated heterocycles. The van der Waals surface area contributed by atoms with Crippen LogP contribution in [0.4, 0.5) is 5.69 Å². The summed E-state index contributed by atoms with van der Waals surface area (Å²) < 4.78 is 5.15. The summed E-state index contributed by atoms with van der Waals surface area (Å²) in [7, 11) is 1.63. The van der Waals surface area contributed by atoms with Crippen molar-refractivity contribution in [2.75, 3.05) is 25.9 Å². The van der Waals surface area contributed by atoms with E-state index in [9.17, 15) is 4.79 Å². The van der Waals surface area contributed by atoms with E-state index in [1.807, 2.05) is 42.5 Å². The van der Waals surface area contributed by atoms with Gasteiger partial charge in [0.05, 0.1) is 7.11 Å². The average molecular weight is 361 g/mol. The summed E-state index contributed by atoms with van der Waals surface area (Å²) in [5.41, 5.74) is 8.66. The first-order chi connectivity index (χ1) is 11.7. The normalized spacial score (nSPS) is 15.4. The molecule has 5 heteroatoms. The van der Waals surface area contributed by atoms with Gasteiger partial charge >= 0.3 is 0 Å². The number of nitrogens with two attached hydrogens (primary N) is 1.